The van der Waals surface area contributed by atoms with Crippen molar-refractivity contribution >= 4 is 21.6 Å². The first-order valence-corrected chi connectivity index (χ1v) is 7.22. The monoisotopic (exact) mass is 279 g/mol. The largest absolute Gasteiger partial charge is 0.293 e. The van der Waals surface area contributed by atoms with E-state index in [2.05, 4.69) is 14.9 Å². The highest BCUT2D eigenvalue weighted by Gasteiger charge is 2.18. The molecule has 1 aromatic carbocycles. The number of hydrogen-bond acceptors (Lipinski definition) is 4. The highest BCUT2D eigenvalue weighted by Crippen LogP contribution is 2.08. The summed E-state index contributed by atoms with van der Waals surface area (Å²) in [7, 11) is -3.75. The molecule has 0 atom stereocenters. The summed E-state index contributed by atoms with van der Waals surface area (Å²) in [6, 6.07) is 9.84. The zero-order valence-corrected chi connectivity index (χ0v) is 11.1. The first-order chi connectivity index (χ1) is 8.96. The van der Waals surface area contributed by atoms with Gasteiger partial charge < -0.3 is 0 Å². The number of hydrogen-bond donors (Lipinski definition) is 2. The minimum atomic E-state index is -3.75. The highest BCUT2D eigenvalue weighted by atomic mass is 32.2. The van der Waals surface area contributed by atoms with Crippen molar-refractivity contribution < 1.29 is 13.2 Å². The fourth-order valence-electron chi connectivity index (χ4n) is 1.55. The Morgan fingerprint density at radius 3 is 2.58 bits per heavy atom. The smallest absolute Gasteiger partial charge is 0.241 e. The van der Waals surface area contributed by atoms with Crippen LogP contribution in [0.3, 0.4) is 0 Å². The first kappa shape index (κ1) is 13.3. The molecular formula is C12H13N3O3S. The van der Waals surface area contributed by atoms with Crippen molar-refractivity contribution in [2.24, 2.45) is 0 Å². The minimum absolute atomic E-state index is 0.179. The number of aromatic nitrogens is 2. The van der Waals surface area contributed by atoms with Crippen LogP contribution in [0.2, 0.25) is 0 Å². The molecule has 0 radical (unpaired) electrons. The molecule has 0 unspecified atom stereocenters. The molecular weight excluding hydrogens is 266 g/mol. The van der Waals surface area contributed by atoms with Crippen molar-refractivity contribution in [1.29, 1.82) is 0 Å². The number of nitrogens with one attached hydrogen (secondary N) is 2. The molecule has 1 heterocycles. The third-order valence-corrected chi connectivity index (χ3v) is 3.55. The van der Waals surface area contributed by atoms with Crippen molar-refractivity contribution in [3.63, 3.8) is 0 Å². The SMILES string of the molecule is Cc1cc(NS(=O)(=O)CC(=O)c2ccccc2)n[nH]1. The summed E-state index contributed by atoms with van der Waals surface area (Å²) in [5, 5.41) is 6.37. The van der Waals surface area contributed by atoms with Crippen LogP contribution in [0.15, 0.2) is 36.4 Å². The predicted molar refractivity (Wildman–Crippen MR) is 71.5 cm³/mol. The Morgan fingerprint density at radius 1 is 1.32 bits per heavy atom. The average molecular weight is 279 g/mol. The van der Waals surface area contributed by atoms with Gasteiger partial charge >= 0.3 is 0 Å². The van der Waals surface area contributed by atoms with Gasteiger partial charge in [0.05, 0.1) is 0 Å². The van der Waals surface area contributed by atoms with E-state index < -0.39 is 21.6 Å². The van der Waals surface area contributed by atoms with E-state index in [1.54, 1.807) is 43.3 Å². The lowest BCUT2D eigenvalue weighted by molar-refractivity contribution is 0.102. The van der Waals surface area contributed by atoms with E-state index in [9.17, 15) is 13.2 Å². The number of H-pyrrole nitrogens is 1. The van der Waals surface area contributed by atoms with E-state index in [1.807, 2.05) is 0 Å². The molecule has 0 aliphatic carbocycles. The number of carbonyl (C=O) groups is 1. The second-order valence-corrected chi connectivity index (χ2v) is 5.81. The van der Waals surface area contributed by atoms with E-state index in [-0.39, 0.29) is 5.82 Å². The third-order valence-electron chi connectivity index (χ3n) is 2.38. The number of rotatable bonds is 5. The molecule has 0 saturated carbocycles. The van der Waals surface area contributed by atoms with E-state index in [0.717, 1.165) is 5.69 Å². The number of anilines is 1. The normalized spacial score (nSPS) is 11.2. The van der Waals surface area contributed by atoms with E-state index in [1.165, 1.54) is 0 Å². The van der Waals surface area contributed by atoms with Crippen LogP contribution < -0.4 is 4.72 Å². The Hall–Kier alpha value is -2.15. The van der Waals surface area contributed by atoms with Crippen LogP contribution >= 0.6 is 0 Å². The van der Waals surface area contributed by atoms with Crippen molar-refractivity contribution in [2.75, 3.05) is 10.5 Å². The molecule has 6 nitrogen and oxygen atoms in total. The lowest BCUT2D eigenvalue weighted by Gasteiger charge is -2.04. The number of carbonyl (C=O) groups excluding carboxylic acids is 1. The fourth-order valence-corrected chi connectivity index (χ4v) is 2.55. The number of Topliss-reactive ketones (excluding diaryl/α,β-unsaturated/α-hetero) is 1. The molecule has 0 fully saturated rings. The standard InChI is InChI=1S/C12H13N3O3S/c1-9-7-12(14-13-9)15-19(17,18)8-11(16)10-5-3-2-4-6-10/h2-7H,8H2,1H3,(H2,13,14,15). The van der Waals surface area contributed by atoms with Crippen LogP contribution in [0.25, 0.3) is 0 Å². The van der Waals surface area contributed by atoms with Gasteiger partial charge in [-0.2, -0.15) is 5.10 Å². The Bertz CT molecular complexity index is 677. The molecule has 0 aliphatic rings. The van der Waals surface area contributed by atoms with Crippen LogP contribution in [-0.4, -0.2) is 30.2 Å². The molecule has 0 aliphatic heterocycles. The number of ketones is 1. The molecule has 2 rings (SSSR count). The lowest BCUT2D eigenvalue weighted by Crippen LogP contribution is -2.23. The van der Waals surface area contributed by atoms with Crippen molar-refractivity contribution in [1.82, 2.24) is 10.2 Å². The summed E-state index contributed by atoms with van der Waals surface area (Å²) in [5.74, 6) is -0.887. The maximum Gasteiger partial charge on any atom is 0.241 e. The van der Waals surface area contributed by atoms with Crippen LogP contribution in [0, 0.1) is 6.92 Å². The van der Waals surface area contributed by atoms with Crippen molar-refractivity contribution in [2.45, 2.75) is 6.92 Å². The number of aryl methyl sites for hydroxylation is 1. The molecule has 0 bridgehead atoms. The van der Waals surface area contributed by atoms with Gasteiger partial charge in [-0.15, -0.1) is 0 Å². The summed E-state index contributed by atoms with van der Waals surface area (Å²) in [6.45, 7) is 1.75. The van der Waals surface area contributed by atoms with E-state index >= 15 is 0 Å². The lowest BCUT2D eigenvalue weighted by atomic mass is 10.2. The fraction of sp³-hybridized carbons (Fsp3) is 0.167. The first-order valence-electron chi connectivity index (χ1n) is 5.57. The molecule has 0 spiro atoms. The summed E-state index contributed by atoms with van der Waals surface area (Å²) in [4.78, 5) is 11.8. The molecule has 2 aromatic rings. The number of aromatic amines is 1. The minimum Gasteiger partial charge on any atom is -0.293 e. The molecule has 0 amide bonds. The zero-order valence-electron chi connectivity index (χ0n) is 10.3. The third kappa shape index (κ3) is 3.65. The molecule has 19 heavy (non-hydrogen) atoms. The summed E-state index contributed by atoms with van der Waals surface area (Å²) in [6.07, 6.45) is 0. The van der Waals surface area contributed by atoms with E-state index in [4.69, 9.17) is 0 Å². The molecule has 7 heteroatoms. The van der Waals surface area contributed by atoms with Gasteiger partial charge in [0.25, 0.3) is 0 Å². The van der Waals surface area contributed by atoms with Gasteiger partial charge in [0.1, 0.15) is 5.75 Å². The van der Waals surface area contributed by atoms with Crippen molar-refractivity contribution in [3.05, 3.63) is 47.7 Å². The topological polar surface area (TPSA) is 91.9 Å². The Morgan fingerprint density at radius 2 is 2.00 bits per heavy atom. The van der Waals surface area contributed by atoms with Crippen molar-refractivity contribution in [3.8, 4) is 0 Å². The number of nitrogens with zero attached hydrogens (tertiary/aromatic N) is 1. The maximum absolute atomic E-state index is 11.8. The number of sulfonamides is 1. The van der Waals surface area contributed by atoms with Gasteiger partial charge in [-0.3, -0.25) is 14.6 Å². The van der Waals surface area contributed by atoms with Crippen LogP contribution in [0.1, 0.15) is 16.1 Å². The van der Waals surface area contributed by atoms with Gasteiger partial charge in [-0.05, 0) is 6.92 Å². The Labute approximate surface area is 110 Å². The highest BCUT2D eigenvalue weighted by molar-refractivity contribution is 7.93. The maximum atomic E-state index is 11.8. The van der Waals surface area contributed by atoms with Gasteiger partial charge in [0.15, 0.2) is 11.6 Å². The molecule has 2 N–H and O–H groups in total. The van der Waals surface area contributed by atoms with Gasteiger partial charge in [0.2, 0.25) is 10.0 Å². The molecule has 100 valence electrons. The second-order valence-electron chi connectivity index (χ2n) is 4.09. The van der Waals surface area contributed by atoms with Crippen LogP contribution in [-0.2, 0) is 10.0 Å². The quantitative estimate of drug-likeness (QED) is 0.808. The van der Waals surface area contributed by atoms with Gasteiger partial charge in [-0.25, -0.2) is 8.42 Å². The summed E-state index contributed by atoms with van der Waals surface area (Å²) >= 11 is 0. The Balaban J connectivity index is 2.07. The second kappa shape index (κ2) is 5.23. The number of benzene rings is 1. The van der Waals surface area contributed by atoms with Crippen LogP contribution in [0.5, 0.6) is 0 Å². The van der Waals surface area contributed by atoms with Crippen LogP contribution in [0.4, 0.5) is 5.82 Å². The Kier molecular flexibility index (Phi) is 3.66. The van der Waals surface area contributed by atoms with Gasteiger partial charge in [0, 0.05) is 17.3 Å². The zero-order chi connectivity index (χ0) is 13.9. The van der Waals surface area contributed by atoms with Gasteiger partial charge in [-0.1, -0.05) is 30.3 Å². The predicted octanol–water partition coefficient (Wildman–Crippen LogP) is 1.34. The van der Waals surface area contributed by atoms with E-state index in [0.29, 0.717) is 5.56 Å². The molecule has 1 aromatic heterocycles. The average Bonchev–Trinajstić information content (AvgIpc) is 2.74. The molecule has 0 saturated heterocycles. The summed E-state index contributed by atoms with van der Waals surface area (Å²) < 4.78 is 25.9. The summed E-state index contributed by atoms with van der Waals surface area (Å²) in [5.41, 5.74) is 1.10.